The molecule has 0 heterocycles. The predicted octanol–water partition coefficient (Wildman–Crippen LogP) is 3.69. The zero-order valence-corrected chi connectivity index (χ0v) is 7.41. The summed E-state index contributed by atoms with van der Waals surface area (Å²) < 4.78 is 9.25. The van der Waals surface area contributed by atoms with E-state index in [0.29, 0.717) is 0 Å². The Kier molecular flexibility index (Phi) is 7.78. The Labute approximate surface area is 73.5 Å². The Morgan fingerprint density at radius 2 is 1.33 bits per heavy atom. The van der Waals surface area contributed by atoms with Gasteiger partial charge in [0.15, 0.2) is 4.84 Å². The van der Waals surface area contributed by atoms with Crippen LogP contribution < -0.4 is 0 Å². The summed E-state index contributed by atoms with van der Waals surface area (Å²) in [7, 11) is 0. The molecular weight excluding hydrogens is 209 g/mol. The Morgan fingerprint density at radius 1 is 1.22 bits per heavy atom. The van der Waals surface area contributed by atoms with E-state index in [1.165, 1.54) is 0 Å². The number of halogens is 5. The fraction of sp³-hybridized carbons (Fsp3) is 0.500. The lowest BCUT2D eigenvalue weighted by Gasteiger charge is -2.07. The molecule has 0 saturated heterocycles. The molecule has 0 spiro atoms. The second kappa shape index (κ2) is 5.60. The number of hydrogen-bond donors (Lipinski definition) is 0. The molecule has 5 heteroatoms. The van der Waals surface area contributed by atoms with E-state index in [4.69, 9.17) is 46.4 Å². The van der Waals surface area contributed by atoms with Crippen molar-refractivity contribution in [3.63, 3.8) is 0 Å². The molecule has 0 amide bonds. The van der Waals surface area contributed by atoms with Crippen LogP contribution in [0.3, 0.4) is 0 Å². The van der Waals surface area contributed by atoms with Crippen molar-refractivity contribution in [3.05, 3.63) is 13.2 Å². The first kappa shape index (κ1) is 12.5. The third-order valence-corrected chi connectivity index (χ3v) is 1.73. The van der Waals surface area contributed by atoms with Crippen LogP contribution in [-0.2, 0) is 0 Å². The van der Waals surface area contributed by atoms with Crippen LogP contribution in [0.4, 0.5) is 4.39 Å². The van der Waals surface area contributed by atoms with E-state index in [-0.39, 0.29) is 0 Å². The third-order valence-electron chi connectivity index (χ3n) is 0.247. The zero-order valence-electron chi connectivity index (χ0n) is 4.38. The molecule has 0 fully saturated rings. The number of alkyl halides is 5. The smallest absolute Gasteiger partial charge is 0.205 e. The van der Waals surface area contributed by atoms with Crippen molar-refractivity contribution < 1.29 is 4.39 Å². The summed E-state index contributed by atoms with van der Waals surface area (Å²) in [6.07, 6.45) is 0. The van der Waals surface area contributed by atoms with E-state index in [2.05, 4.69) is 13.2 Å². The van der Waals surface area contributed by atoms with Crippen LogP contribution in [0, 0.1) is 0 Å². The molecule has 0 atom stereocenters. The summed E-state index contributed by atoms with van der Waals surface area (Å²) in [6, 6.07) is 0. The minimum Gasteiger partial charge on any atom is -0.205 e. The Hall–Kier alpha value is 0.830. The highest BCUT2D eigenvalue weighted by molar-refractivity contribution is 6.58. The fourth-order valence-corrected chi connectivity index (χ4v) is 0. The highest BCUT2D eigenvalue weighted by Gasteiger charge is 2.30. The van der Waals surface area contributed by atoms with Crippen LogP contribution in [-0.4, -0.2) is 9.42 Å². The van der Waals surface area contributed by atoms with Crippen molar-refractivity contribution in [2.45, 2.75) is 9.42 Å². The van der Waals surface area contributed by atoms with Gasteiger partial charge in [0.25, 0.3) is 4.59 Å². The third kappa shape index (κ3) is 8.83. The van der Waals surface area contributed by atoms with E-state index in [0.717, 1.165) is 0 Å². The van der Waals surface area contributed by atoms with E-state index < -0.39 is 9.42 Å². The lowest BCUT2D eigenvalue weighted by Crippen LogP contribution is -2.13. The van der Waals surface area contributed by atoms with Crippen molar-refractivity contribution in [2.24, 2.45) is 0 Å². The molecule has 0 aliphatic rings. The van der Waals surface area contributed by atoms with Gasteiger partial charge < -0.3 is 0 Å². The maximum atomic E-state index is 11.8. The monoisotopic (exact) mass is 212 g/mol. The maximum absolute atomic E-state index is 11.8. The van der Waals surface area contributed by atoms with Gasteiger partial charge in [-0.1, -0.05) is 46.4 Å². The van der Waals surface area contributed by atoms with E-state index in [1.54, 1.807) is 0 Å². The standard InChI is InChI=1S/C2HCl4F.C2H4/c3-1(4)2(5,6)7;1-2/h1H;1-2H2. The predicted molar refractivity (Wildman–Crippen MR) is 42.3 cm³/mol. The first-order valence-electron chi connectivity index (χ1n) is 1.79. The largest absolute Gasteiger partial charge is 0.287 e. The van der Waals surface area contributed by atoms with Crippen LogP contribution in [0.15, 0.2) is 13.2 Å². The summed E-state index contributed by atoms with van der Waals surface area (Å²) in [5.74, 6) is 0. The molecule has 0 unspecified atom stereocenters. The minimum absolute atomic E-state index is 1.39. The normalized spacial score (nSPS) is 10.4. The maximum Gasteiger partial charge on any atom is 0.287 e. The van der Waals surface area contributed by atoms with E-state index in [1.807, 2.05) is 0 Å². The molecule has 0 rings (SSSR count). The Balaban J connectivity index is 0. The summed E-state index contributed by atoms with van der Waals surface area (Å²) in [4.78, 5) is -1.39. The highest BCUT2D eigenvalue weighted by Crippen LogP contribution is 2.32. The van der Waals surface area contributed by atoms with Crippen LogP contribution in [0.25, 0.3) is 0 Å². The number of hydrogen-bond acceptors (Lipinski definition) is 0. The molecule has 9 heavy (non-hydrogen) atoms. The van der Waals surface area contributed by atoms with Crippen molar-refractivity contribution in [3.8, 4) is 0 Å². The fourth-order valence-electron chi connectivity index (χ4n) is 0. The zero-order chi connectivity index (χ0) is 8.08. The molecule has 0 aliphatic carbocycles. The average molecular weight is 214 g/mol. The van der Waals surface area contributed by atoms with Crippen LogP contribution in [0.1, 0.15) is 0 Å². The first-order chi connectivity index (χ1) is 3.94. The van der Waals surface area contributed by atoms with Crippen molar-refractivity contribution in [1.82, 2.24) is 0 Å². The molecule has 0 aromatic carbocycles. The van der Waals surface area contributed by atoms with Crippen LogP contribution in [0.5, 0.6) is 0 Å². The summed E-state index contributed by atoms with van der Waals surface area (Å²) >= 11 is 19.2. The Bertz CT molecular complexity index is 67.5. The van der Waals surface area contributed by atoms with Gasteiger partial charge in [-0.3, -0.25) is 0 Å². The van der Waals surface area contributed by atoms with Gasteiger partial charge in [0.2, 0.25) is 0 Å². The van der Waals surface area contributed by atoms with E-state index >= 15 is 0 Å². The highest BCUT2D eigenvalue weighted by atomic mass is 35.5. The van der Waals surface area contributed by atoms with E-state index in [9.17, 15) is 4.39 Å². The molecule has 0 saturated carbocycles. The molecule has 56 valence electrons. The lowest BCUT2D eigenvalue weighted by molar-refractivity contribution is 0.413. The molecule has 0 bridgehead atoms. The van der Waals surface area contributed by atoms with Gasteiger partial charge in [0, 0.05) is 0 Å². The molecule has 0 aliphatic heterocycles. The van der Waals surface area contributed by atoms with Gasteiger partial charge in [0.1, 0.15) is 0 Å². The molecule has 0 N–H and O–H groups in total. The van der Waals surface area contributed by atoms with Gasteiger partial charge in [-0.05, 0) is 0 Å². The Morgan fingerprint density at radius 3 is 1.33 bits per heavy atom. The van der Waals surface area contributed by atoms with Crippen molar-refractivity contribution >= 4 is 46.4 Å². The molecular formula is C4H5Cl4F. The SMILES string of the molecule is C=C.FC(Cl)(Cl)C(Cl)Cl. The van der Waals surface area contributed by atoms with Gasteiger partial charge in [-0.15, -0.1) is 13.2 Å². The molecule has 0 radical (unpaired) electrons. The van der Waals surface area contributed by atoms with Crippen molar-refractivity contribution in [1.29, 1.82) is 0 Å². The molecule has 0 aromatic heterocycles. The minimum atomic E-state index is -2.52. The molecule has 0 nitrogen and oxygen atoms in total. The summed E-state index contributed by atoms with van der Waals surface area (Å²) in [6.45, 7) is 6.00. The van der Waals surface area contributed by atoms with Crippen LogP contribution >= 0.6 is 46.4 Å². The number of rotatable bonds is 1. The topological polar surface area (TPSA) is 0 Å². The van der Waals surface area contributed by atoms with Gasteiger partial charge in [-0.2, -0.15) is 0 Å². The second-order valence-electron chi connectivity index (χ2n) is 0.842. The van der Waals surface area contributed by atoms with Gasteiger partial charge in [-0.25, -0.2) is 4.39 Å². The quantitative estimate of drug-likeness (QED) is 0.461. The second-order valence-corrected chi connectivity index (χ2v) is 3.23. The van der Waals surface area contributed by atoms with Gasteiger partial charge in [0.05, 0.1) is 0 Å². The van der Waals surface area contributed by atoms with Gasteiger partial charge >= 0.3 is 0 Å². The average Bonchev–Trinajstić information content (AvgIpc) is 1.69. The van der Waals surface area contributed by atoms with Crippen molar-refractivity contribution in [2.75, 3.05) is 0 Å². The molecule has 0 aromatic rings. The summed E-state index contributed by atoms with van der Waals surface area (Å²) in [5.41, 5.74) is 0. The van der Waals surface area contributed by atoms with Crippen LogP contribution in [0.2, 0.25) is 0 Å². The lowest BCUT2D eigenvalue weighted by atomic mass is 10.9. The summed E-state index contributed by atoms with van der Waals surface area (Å²) in [5, 5.41) is 0. The first-order valence-corrected chi connectivity index (χ1v) is 3.42.